The van der Waals surface area contributed by atoms with Crippen LogP contribution < -0.4 is 5.32 Å². The predicted octanol–water partition coefficient (Wildman–Crippen LogP) is 1.73. The van der Waals surface area contributed by atoms with E-state index < -0.39 is 5.97 Å². The van der Waals surface area contributed by atoms with Gasteiger partial charge in [0.1, 0.15) is 5.69 Å². The summed E-state index contributed by atoms with van der Waals surface area (Å²) in [5, 5.41) is 2.94. The SMILES string of the molecule is COC(=O)c1c(C)[nH]c(C(=O)NCC(C(C)C)N(C)C)c1C. The van der Waals surface area contributed by atoms with Gasteiger partial charge in [-0.3, -0.25) is 4.79 Å². The molecule has 1 atom stereocenters. The Morgan fingerprint density at radius 3 is 2.32 bits per heavy atom. The highest BCUT2D eigenvalue weighted by molar-refractivity contribution is 6.00. The number of carbonyl (C=O) groups is 2. The topological polar surface area (TPSA) is 74.4 Å². The minimum atomic E-state index is -0.432. The number of aryl methyl sites for hydroxylation is 1. The van der Waals surface area contributed by atoms with E-state index in [0.717, 1.165) is 0 Å². The number of likely N-dealkylation sites (N-methyl/N-ethyl adjacent to an activating group) is 1. The fourth-order valence-corrected chi connectivity index (χ4v) is 2.69. The van der Waals surface area contributed by atoms with Gasteiger partial charge in [-0.25, -0.2) is 4.79 Å². The third kappa shape index (κ3) is 3.88. The quantitative estimate of drug-likeness (QED) is 0.785. The van der Waals surface area contributed by atoms with Gasteiger partial charge >= 0.3 is 5.97 Å². The highest BCUT2D eigenvalue weighted by atomic mass is 16.5. The fraction of sp³-hybridized carbons (Fsp3) is 0.625. The Morgan fingerprint density at radius 2 is 1.86 bits per heavy atom. The summed E-state index contributed by atoms with van der Waals surface area (Å²) in [5.74, 6) is -0.214. The molecule has 0 fully saturated rings. The number of nitrogens with one attached hydrogen (secondary N) is 2. The van der Waals surface area contributed by atoms with Gasteiger partial charge < -0.3 is 19.9 Å². The van der Waals surface area contributed by atoms with Gasteiger partial charge in [0.05, 0.1) is 12.7 Å². The molecule has 0 aliphatic rings. The molecule has 1 amide bonds. The van der Waals surface area contributed by atoms with Crippen molar-refractivity contribution in [3.8, 4) is 0 Å². The molecule has 0 saturated heterocycles. The molecule has 6 heteroatoms. The lowest BCUT2D eigenvalue weighted by Gasteiger charge is -2.28. The first-order valence-electron chi connectivity index (χ1n) is 7.42. The van der Waals surface area contributed by atoms with E-state index in [9.17, 15) is 9.59 Å². The standard InChI is InChI=1S/C16H27N3O3/c1-9(2)12(19(5)6)8-17-15(20)14-10(3)13(11(4)18-14)16(21)22-7/h9,12,18H,8H2,1-7H3,(H,17,20). The van der Waals surface area contributed by atoms with Crippen LogP contribution in [0.3, 0.4) is 0 Å². The molecule has 0 saturated carbocycles. The molecule has 0 bridgehead atoms. The number of esters is 1. The van der Waals surface area contributed by atoms with E-state index in [1.807, 2.05) is 14.1 Å². The van der Waals surface area contributed by atoms with Crippen LogP contribution >= 0.6 is 0 Å². The van der Waals surface area contributed by atoms with Crippen LogP contribution in [-0.4, -0.2) is 55.6 Å². The molecule has 6 nitrogen and oxygen atoms in total. The van der Waals surface area contributed by atoms with Crippen LogP contribution in [-0.2, 0) is 4.74 Å². The van der Waals surface area contributed by atoms with Crippen molar-refractivity contribution in [3.63, 3.8) is 0 Å². The van der Waals surface area contributed by atoms with Gasteiger partial charge in [0.2, 0.25) is 0 Å². The minimum absolute atomic E-state index is 0.205. The molecule has 0 radical (unpaired) electrons. The molecule has 1 heterocycles. The molecule has 1 aromatic rings. The summed E-state index contributed by atoms with van der Waals surface area (Å²) in [7, 11) is 5.32. The van der Waals surface area contributed by atoms with E-state index in [2.05, 4.69) is 29.0 Å². The maximum absolute atomic E-state index is 12.4. The normalized spacial score (nSPS) is 12.6. The van der Waals surface area contributed by atoms with Crippen molar-refractivity contribution in [1.82, 2.24) is 15.2 Å². The Kier molecular flexibility index (Phi) is 6.17. The van der Waals surface area contributed by atoms with Gasteiger partial charge in [0, 0.05) is 18.3 Å². The molecule has 2 N–H and O–H groups in total. The lowest BCUT2D eigenvalue weighted by Crippen LogP contribution is -2.43. The monoisotopic (exact) mass is 309 g/mol. The number of amides is 1. The largest absolute Gasteiger partial charge is 0.465 e. The number of aromatic nitrogens is 1. The van der Waals surface area contributed by atoms with Gasteiger partial charge in [-0.15, -0.1) is 0 Å². The predicted molar refractivity (Wildman–Crippen MR) is 86.3 cm³/mol. The second-order valence-corrected chi connectivity index (χ2v) is 6.10. The van der Waals surface area contributed by atoms with Crippen molar-refractivity contribution in [2.24, 2.45) is 5.92 Å². The van der Waals surface area contributed by atoms with E-state index in [1.54, 1.807) is 13.8 Å². The smallest absolute Gasteiger partial charge is 0.339 e. The van der Waals surface area contributed by atoms with Crippen LogP contribution in [0.2, 0.25) is 0 Å². The maximum atomic E-state index is 12.4. The van der Waals surface area contributed by atoms with Crippen molar-refractivity contribution in [2.45, 2.75) is 33.7 Å². The summed E-state index contributed by atoms with van der Waals surface area (Å²) < 4.78 is 4.75. The molecule has 22 heavy (non-hydrogen) atoms. The molecule has 0 aromatic carbocycles. The first kappa shape index (κ1) is 18.2. The Bertz CT molecular complexity index is 539. The summed E-state index contributed by atoms with van der Waals surface area (Å²) in [6.45, 7) is 8.30. The van der Waals surface area contributed by atoms with Gasteiger partial charge in [-0.05, 0) is 39.4 Å². The Morgan fingerprint density at radius 1 is 1.27 bits per heavy atom. The van der Waals surface area contributed by atoms with Crippen molar-refractivity contribution < 1.29 is 14.3 Å². The summed E-state index contributed by atoms with van der Waals surface area (Å²) in [4.78, 5) is 29.2. The number of carbonyl (C=O) groups excluding carboxylic acids is 2. The second kappa shape index (κ2) is 7.45. The minimum Gasteiger partial charge on any atom is -0.465 e. The molecule has 1 rings (SSSR count). The lowest BCUT2D eigenvalue weighted by atomic mass is 10.0. The summed E-state index contributed by atoms with van der Waals surface area (Å²) >= 11 is 0. The third-order valence-electron chi connectivity index (χ3n) is 3.96. The highest BCUT2D eigenvalue weighted by Gasteiger charge is 2.23. The average Bonchev–Trinajstić information content (AvgIpc) is 2.72. The molecular weight excluding hydrogens is 282 g/mol. The molecule has 1 unspecified atom stereocenters. The van der Waals surface area contributed by atoms with Crippen molar-refractivity contribution in [3.05, 3.63) is 22.5 Å². The number of methoxy groups -OCH3 is 1. The molecule has 124 valence electrons. The summed E-state index contributed by atoms with van der Waals surface area (Å²) in [6.07, 6.45) is 0. The third-order valence-corrected chi connectivity index (χ3v) is 3.96. The van der Waals surface area contributed by atoms with Gasteiger partial charge in [-0.2, -0.15) is 0 Å². The molecule has 0 aliphatic heterocycles. The van der Waals surface area contributed by atoms with E-state index >= 15 is 0 Å². The average molecular weight is 309 g/mol. The number of rotatable bonds is 6. The zero-order valence-electron chi connectivity index (χ0n) is 14.5. The number of ether oxygens (including phenoxy) is 1. The van der Waals surface area contributed by atoms with E-state index in [-0.39, 0.29) is 11.9 Å². The molecular formula is C16H27N3O3. The van der Waals surface area contributed by atoms with Crippen LogP contribution in [0.1, 0.15) is 46.0 Å². The van der Waals surface area contributed by atoms with Crippen LogP contribution in [0.15, 0.2) is 0 Å². The Labute approximate surface area is 132 Å². The van der Waals surface area contributed by atoms with E-state index in [1.165, 1.54) is 7.11 Å². The van der Waals surface area contributed by atoms with E-state index in [0.29, 0.717) is 35.0 Å². The lowest BCUT2D eigenvalue weighted by molar-refractivity contribution is 0.0599. The number of nitrogens with zero attached hydrogens (tertiary/aromatic N) is 1. The zero-order chi connectivity index (χ0) is 17.0. The van der Waals surface area contributed by atoms with Crippen molar-refractivity contribution >= 4 is 11.9 Å². The number of aromatic amines is 1. The van der Waals surface area contributed by atoms with Crippen molar-refractivity contribution in [2.75, 3.05) is 27.7 Å². The van der Waals surface area contributed by atoms with Crippen LogP contribution in [0.25, 0.3) is 0 Å². The van der Waals surface area contributed by atoms with Crippen LogP contribution in [0.4, 0.5) is 0 Å². The van der Waals surface area contributed by atoms with Crippen LogP contribution in [0.5, 0.6) is 0 Å². The highest BCUT2D eigenvalue weighted by Crippen LogP contribution is 2.19. The molecule has 0 aliphatic carbocycles. The number of hydrogen-bond acceptors (Lipinski definition) is 4. The fourth-order valence-electron chi connectivity index (χ4n) is 2.69. The number of hydrogen-bond donors (Lipinski definition) is 2. The van der Waals surface area contributed by atoms with Gasteiger partial charge in [-0.1, -0.05) is 13.8 Å². The number of H-pyrrole nitrogens is 1. The Balaban J connectivity index is 2.89. The first-order valence-corrected chi connectivity index (χ1v) is 7.42. The summed E-state index contributed by atoms with van der Waals surface area (Å²) in [6, 6.07) is 0.250. The van der Waals surface area contributed by atoms with E-state index in [4.69, 9.17) is 4.74 Å². The van der Waals surface area contributed by atoms with Crippen molar-refractivity contribution in [1.29, 1.82) is 0 Å². The zero-order valence-corrected chi connectivity index (χ0v) is 14.5. The first-order chi connectivity index (χ1) is 10.2. The molecule has 1 aromatic heterocycles. The Hall–Kier alpha value is -1.82. The maximum Gasteiger partial charge on any atom is 0.339 e. The summed E-state index contributed by atoms with van der Waals surface area (Å²) in [5.41, 5.74) is 2.11. The van der Waals surface area contributed by atoms with Crippen LogP contribution in [0, 0.1) is 19.8 Å². The van der Waals surface area contributed by atoms with Gasteiger partial charge in [0.25, 0.3) is 5.91 Å². The van der Waals surface area contributed by atoms with Gasteiger partial charge in [0.15, 0.2) is 0 Å². The molecule has 0 spiro atoms. The second-order valence-electron chi connectivity index (χ2n) is 6.10.